The monoisotopic (exact) mass is 561 g/mol. The lowest BCUT2D eigenvalue weighted by Crippen LogP contribution is -2.10. The Morgan fingerprint density at radius 2 is 1.07 bits per heavy atom. The quantitative estimate of drug-likeness (QED) is 0.199. The Hall–Kier alpha value is -5.86. The second-order valence-corrected chi connectivity index (χ2v) is 11.3. The Morgan fingerprint density at radius 3 is 1.91 bits per heavy atom. The van der Waals surface area contributed by atoms with Crippen LogP contribution in [0, 0.1) is 0 Å². The van der Waals surface area contributed by atoms with Crippen molar-refractivity contribution >= 4 is 71.3 Å². The average molecular weight is 562 g/mol. The molecule has 0 atom stereocenters. The topological polar surface area (TPSA) is 16.4 Å². The van der Waals surface area contributed by atoms with E-state index in [2.05, 4.69) is 157 Å². The highest BCUT2D eigenvalue weighted by Crippen LogP contribution is 2.44. The van der Waals surface area contributed by atoms with Gasteiger partial charge in [0, 0.05) is 22.1 Å². The molecule has 2 heteroatoms. The molecular formula is C42H27NO. The van der Waals surface area contributed by atoms with Crippen LogP contribution in [0.5, 0.6) is 0 Å². The van der Waals surface area contributed by atoms with E-state index in [0.717, 1.165) is 39.0 Å². The van der Waals surface area contributed by atoms with Gasteiger partial charge in [-0.25, -0.2) is 0 Å². The largest absolute Gasteiger partial charge is 0.454 e. The summed E-state index contributed by atoms with van der Waals surface area (Å²) in [7, 11) is 0. The normalized spacial score (nSPS) is 11.6. The van der Waals surface area contributed by atoms with Crippen LogP contribution >= 0.6 is 0 Å². The van der Waals surface area contributed by atoms with Crippen LogP contribution < -0.4 is 4.90 Å². The minimum absolute atomic E-state index is 0.883. The van der Waals surface area contributed by atoms with Crippen molar-refractivity contribution in [3.8, 4) is 11.1 Å². The minimum atomic E-state index is 0.883. The number of furan rings is 1. The van der Waals surface area contributed by atoms with Crippen molar-refractivity contribution in [1.29, 1.82) is 0 Å². The van der Waals surface area contributed by atoms with Crippen LogP contribution in [0.1, 0.15) is 0 Å². The van der Waals surface area contributed by atoms with Gasteiger partial charge in [-0.15, -0.1) is 0 Å². The first-order chi connectivity index (χ1) is 21.8. The zero-order valence-corrected chi connectivity index (χ0v) is 23.9. The molecule has 0 spiro atoms. The average Bonchev–Trinajstić information content (AvgIpc) is 3.48. The van der Waals surface area contributed by atoms with Crippen molar-refractivity contribution in [2.45, 2.75) is 0 Å². The van der Waals surface area contributed by atoms with Crippen molar-refractivity contribution in [2.24, 2.45) is 0 Å². The SMILES string of the molecule is c1ccc(N(c2ccc(-c3cc4ccccc4c4ccc5ccccc5c34)cc2)c2cccc3c2oc2ccccc23)cc1. The summed E-state index contributed by atoms with van der Waals surface area (Å²) >= 11 is 0. The predicted molar refractivity (Wildman–Crippen MR) is 186 cm³/mol. The van der Waals surface area contributed by atoms with E-state index in [-0.39, 0.29) is 0 Å². The van der Waals surface area contributed by atoms with E-state index in [1.165, 1.54) is 43.4 Å². The van der Waals surface area contributed by atoms with Crippen molar-refractivity contribution in [3.63, 3.8) is 0 Å². The van der Waals surface area contributed by atoms with Gasteiger partial charge in [-0.3, -0.25) is 0 Å². The zero-order valence-electron chi connectivity index (χ0n) is 23.9. The van der Waals surface area contributed by atoms with Crippen molar-refractivity contribution < 1.29 is 4.42 Å². The first kappa shape index (κ1) is 24.7. The van der Waals surface area contributed by atoms with Gasteiger partial charge in [-0.05, 0) is 85.9 Å². The van der Waals surface area contributed by atoms with E-state index in [1.54, 1.807) is 0 Å². The van der Waals surface area contributed by atoms with Crippen LogP contribution in [0.4, 0.5) is 17.1 Å². The summed E-state index contributed by atoms with van der Waals surface area (Å²) in [5, 5.41) is 9.87. The molecule has 44 heavy (non-hydrogen) atoms. The molecule has 1 aromatic heterocycles. The molecule has 9 rings (SSSR count). The maximum Gasteiger partial charge on any atom is 0.159 e. The molecule has 0 fully saturated rings. The molecule has 0 aliphatic carbocycles. The summed E-state index contributed by atoms with van der Waals surface area (Å²) in [5.74, 6) is 0. The third-order valence-corrected chi connectivity index (χ3v) is 8.82. The molecule has 9 aromatic rings. The van der Waals surface area contributed by atoms with Crippen LogP contribution in [-0.4, -0.2) is 0 Å². The molecule has 0 aliphatic heterocycles. The highest BCUT2D eigenvalue weighted by atomic mass is 16.3. The smallest absolute Gasteiger partial charge is 0.159 e. The first-order valence-corrected chi connectivity index (χ1v) is 15.0. The molecule has 0 unspecified atom stereocenters. The Kier molecular flexibility index (Phi) is 5.54. The number of nitrogens with zero attached hydrogens (tertiary/aromatic N) is 1. The summed E-state index contributed by atoms with van der Waals surface area (Å²) in [5.41, 5.74) is 7.38. The van der Waals surface area contributed by atoms with E-state index in [0.29, 0.717) is 0 Å². The summed E-state index contributed by atoms with van der Waals surface area (Å²) in [6.45, 7) is 0. The Labute approximate surface area is 255 Å². The van der Waals surface area contributed by atoms with Crippen molar-refractivity contribution in [3.05, 3.63) is 164 Å². The van der Waals surface area contributed by atoms with E-state index in [9.17, 15) is 0 Å². The lowest BCUT2D eigenvalue weighted by atomic mass is 9.90. The standard InChI is InChI=1S/C42H27NO/c1-2-13-31(14-3-1)43(39-19-10-18-37-35-17-8-9-20-40(35)44-42(37)39)32-24-21-29(22-25-32)38-27-30-12-5-6-15-33(30)36-26-23-28-11-4-7-16-34(28)41(36)38/h1-27H. The highest BCUT2D eigenvalue weighted by Gasteiger charge is 2.19. The van der Waals surface area contributed by atoms with Crippen LogP contribution in [0.2, 0.25) is 0 Å². The van der Waals surface area contributed by atoms with Gasteiger partial charge in [0.15, 0.2) is 5.58 Å². The van der Waals surface area contributed by atoms with Gasteiger partial charge in [-0.1, -0.05) is 121 Å². The number of hydrogen-bond donors (Lipinski definition) is 0. The van der Waals surface area contributed by atoms with E-state index < -0.39 is 0 Å². The molecule has 1 heterocycles. The van der Waals surface area contributed by atoms with E-state index >= 15 is 0 Å². The summed E-state index contributed by atoms with van der Waals surface area (Å²) in [4.78, 5) is 2.29. The third-order valence-electron chi connectivity index (χ3n) is 8.82. The lowest BCUT2D eigenvalue weighted by molar-refractivity contribution is 0.669. The number of para-hydroxylation sites is 3. The number of fused-ring (bicyclic) bond motifs is 8. The molecule has 0 N–H and O–H groups in total. The fourth-order valence-corrected chi connectivity index (χ4v) is 6.81. The molecule has 0 aliphatic rings. The van der Waals surface area contributed by atoms with Gasteiger partial charge < -0.3 is 9.32 Å². The Balaban J connectivity index is 1.26. The third kappa shape index (κ3) is 3.82. The summed E-state index contributed by atoms with van der Waals surface area (Å²) in [6, 6.07) is 58.5. The van der Waals surface area contributed by atoms with Crippen LogP contribution in [-0.2, 0) is 0 Å². The number of rotatable bonds is 4. The Bertz CT molecular complexity index is 2490. The molecular weight excluding hydrogens is 534 g/mol. The first-order valence-electron chi connectivity index (χ1n) is 15.0. The van der Waals surface area contributed by atoms with E-state index in [1.807, 2.05) is 12.1 Å². The van der Waals surface area contributed by atoms with Gasteiger partial charge in [0.05, 0.1) is 5.69 Å². The number of hydrogen-bond acceptors (Lipinski definition) is 2. The molecule has 206 valence electrons. The second-order valence-electron chi connectivity index (χ2n) is 11.3. The molecule has 0 saturated heterocycles. The van der Waals surface area contributed by atoms with Gasteiger partial charge in [-0.2, -0.15) is 0 Å². The zero-order chi connectivity index (χ0) is 29.0. The van der Waals surface area contributed by atoms with Crippen molar-refractivity contribution in [1.82, 2.24) is 0 Å². The summed E-state index contributed by atoms with van der Waals surface area (Å²) in [6.07, 6.45) is 0. The number of benzene rings is 8. The van der Waals surface area contributed by atoms with Crippen molar-refractivity contribution in [2.75, 3.05) is 4.90 Å². The lowest BCUT2D eigenvalue weighted by Gasteiger charge is -2.25. The maximum absolute atomic E-state index is 6.49. The van der Waals surface area contributed by atoms with Crippen LogP contribution in [0.15, 0.2) is 168 Å². The van der Waals surface area contributed by atoms with Crippen LogP contribution in [0.25, 0.3) is 65.4 Å². The van der Waals surface area contributed by atoms with Gasteiger partial charge in [0.1, 0.15) is 5.58 Å². The second kappa shape index (κ2) is 9.86. The Morgan fingerprint density at radius 1 is 0.409 bits per heavy atom. The molecule has 8 aromatic carbocycles. The fraction of sp³-hybridized carbons (Fsp3) is 0. The molecule has 0 radical (unpaired) electrons. The van der Waals surface area contributed by atoms with Gasteiger partial charge in [0.2, 0.25) is 0 Å². The highest BCUT2D eigenvalue weighted by molar-refractivity contribution is 6.23. The fourth-order valence-electron chi connectivity index (χ4n) is 6.81. The molecule has 0 saturated carbocycles. The molecule has 0 amide bonds. The molecule has 0 bridgehead atoms. The number of anilines is 3. The summed E-state index contributed by atoms with van der Waals surface area (Å²) < 4.78 is 6.49. The minimum Gasteiger partial charge on any atom is -0.454 e. The van der Waals surface area contributed by atoms with Crippen LogP contribution in [0.3, 0.4) is 0 Å². The predicted octanol–water partition coefficient (Wildman–Crippen LogP) is 12.2. The van der Waals surface area contributed by atoms with E-state index in [4.69, 9.17) is 4.42 Å². The van der Waals surface area contributed by atoms with Gasteiger partial charge in [0.25, 0.3) is 0 Å². The maximum atomic E-state index is 6.49. The molecule has 2 nitrogen and oxygen atoms in total. The van der Waals surface area contributed by atoms with Gasteiger partial charge >= 0.3 is 0 Å².